The number of fused-ring (bicyclic) bond motifs is 2. The second-order valence-corrected chi connectivity index (χ2v) is 12.6. The maximum Gasteiger partial charge on any atom is 0.272 e. The quantitative estimate of drug-likeness (QED) is 0.440. The van der Waals surface area contributed by atoms with E-state index in [1.165, 1.54) is 17.7 Å². The van der Waals surface area contributed by atoms with Gasteiger partial charge in [-0.15, -0.1) is 11.3 Å². The zero-order valence-corrected chi connectivity index (χ0v) is 21.1. The number of piperidine rings is 1. The number of thiophene rings is 1. The number of aromatic nitrogens is 1. The Kier molecular flexibility index (Phi) is 6.54. The molecule has 3 heterocycles. The maximum atomic E-state index is 13.4. The van der Waals surface area contributed by atoms with Gasteiger partial charge in [0.25, 0.3) is 10.0 Å². The number of benzene rings is 1. The molecule has 0 amide bonds. The molecule has 10 heteroatoms. The summed E-state index contributed by atoms with van der Waals surface area (Å²) in [5.41, 5.74) is 2.04. The summed E-state index contributed by atoms with van der Waals surface area (Å²) in [5, 5.41) is 0. The van der Waals surface area contributed by atoms with Crippen LogP contribution in [0.15, 0.2) is 58.8 Å². The Morgan fingerprint density at radius 3 is 2.53 bits per heavy atom. The van der Waals surface area contributed by atoms with Gasteiger partial charge in [-0.05, 0) is 48.4 Å². The monoisotopic (exact) mass is 520 g/mol. The molecule has 2 aliphatic rings. The van der Waals surface area contributed by atoms with Crippen LogP contribution in [-0.2, 0) is 16.6 Å². The van der Waals surface area contributed by atoms with Crippen molar-refractivity contribution in [3.63, 3.8) is 0 Å². The minimum Gasteiger partial charge on any atom is -0.369 e. The van der Waals surface area contributed by atoms with Gasteiger partial charge < -0.3 is 4.90 Å². The average Bonchev–Trinajstić information content (AvgIpc) is 3.32. The van der Waals surface area contributed by atoms with Crippen LogP contribution < -0.4 is 9.62 Å². The van der Waals surface area contributed by atoms with E-state index in [1.807, 2.05) is 13.1 Å². The fourth-order valence-corrected chi connectivity index (χ4v) is 8.22. The van der Waals surface area contributed by atoms with E-state index in [9.17, 15) is 12.8 Å². The van der Waals surface area contributed by atoms with Crippen molar-refractivity contribution in [3.05, 3.63) is 70.4 Å². The van der Waals surface area contributed by atoms with Gasteiger partial charge in [0, 0.05) is 32.7 Å². The highest BCUT2D eigenvalue weighted by atomic mass is 35.5. The van der Waals surface area contributed by atoms with Crippen LogP contribution in [0.4, 0.5) is 15.9 Å². The number of sulfonamides is 1. The molecule has 1 saturated heterocycles. The van der Waals surface area contributed by atoms with Crippen molar-refractivity contribution in [1.29, 1.82) is 0 Å². The van der Waals surface area contributed by atoms with E-state index in [0.29, 0.717) is 22.2 Å². The number of rotatable bonds is 7. The van der Waals surface area contributed by atoms with Crippen LogP contribution in [0, 0.1) is 17.8 Å². The highest BCUT2D eigenvalue weighted by molar-refractivity contribution is 7.94. The van der Waals surface area contributed by atoms with E-state index < -0.39 is 16.0 Å². The Balaban J connectivity index is 1.31. The Morgan fingerprint density at radius 1 is 1.15 bits per heavy atom. The van der Waals surface area contributed by atoms with Crippen LogP contribution >= 0.6 is 22.9 Å². The largest absolute Gasteiger partial charge is 0.369 e. The molecule has 1 N–H and O–H groups in total. The standard InChI is InChI=1S/C24H26ClFN4O2S2/c1-29(23-17-10-11-18(23)15-30(14-17)13-16-6-3-2-4-7-16)19-12-22(33-24(19)25)34(31,32)28-21-9-5-8-20(26)27-21/h2-9,12,17-18,23H,10-11,13-15H2,1H3,(H,27,28)/t17-,18+,23-. The van der Waals surface area contributed by atoms with Crippen molar-refractivity contribution >= 4 is 44.5 Å². The highest BCUT2D eigenvalue weighted by Gasteiger charge is 2.44. The molecule has 34 heavy (non-hydrogen) atoms. The van der Waals surface area contributed by atoms with Crippen molar-refractivity contribution in [3.8, 4) is 0 Å². The molecule has 0 radical (unpaired) electrons. The average molecular weight is 521 g/mol. The van der Waals surface area contributed by atoms with Gasteiger partial charge in [0.05, 0.1) is 5.69 Å². The van der Waals surface area contributed by atoms with Crippen LogP contribution in [-0.4, -0.2) is 44.5 Å². The first kappa shape index (κ1) is 23.5. The van der Waals surface area contributed by atoms with E-state index in [-0.39, 0.29) is 10.0 Å². The van der Waals surface area contributed by atoms with E-state index in [2.05, 4.69) is 43.8 Å². The maximum absolute atomic E-state index is 13.4. The Hall–Kier alpha value is -2.20. The molecule has 1 aliphatic heterocycles. The Morgan fingerprint density at radius 2 is 1.85 bits per heavy atom. The van der Waals surface area contributed by atoms with Crippen LogP contribution in [0.5, 0.6) is 0 Å². The van der Waals surface area contributed by atoms with Crippen molar-refractivity contribution in [2.75, 3.05) is 29.8 Å². The van der Waals surface area contributed by atoms with Gasteiger partial charge in [-0.1, -0.05) is 48.0 Å². The fraction of sp³-hybridized carbons (Fsp3) is 0.375. The van der Waals surface area contributed by atoms with Crippen molar-refractivity contribution in [2.45, 2.75) is 29.6 Å². The summed E-state index contributed by atoms with van der Waals surface area (Å²) in [6, 6.07) is 16.4. The van der Waals surface area contributed by atoms with Gasteiger partial charge in [0.15, 0.2) is 0 Å². The van der Waals surface area contributed by atoms with Crippen molar-refractivity contribution < 1.29 is 12.8 Å². The van der Waals surface area contributed by atoms with E-state index in [0.717, 1.165) is 55.6 Å². The van der Waals surface area contributed by atoms with Crippen molar-refractivity contribution in [1.82, 2.24) is 9.88 Å². The summed E-state index contributed by atoms with van der Waals surface area (Å²) >= 11 is 7.55. The van der Waals surface area contributed by atoms with E-state index >= 15 is 0 Å². The second-order valence-electron chi connectivity index (χ2n) is 9.05. The lowest BCUT2D eigenvalue weighted by Crippen LogP contribution is -2.51. The highest BCUT2D eigenvalue weighted by Crippen LogP contribution is 2.45. The number of nitrogens with zero attached hydrogens (tertiary/aromatic N) is 3. The predicted octanol–water partition coefficient (Wildman–Crippen LogP) is 5.08. The molecule has 6 nitrogen and oxygen atoms in total. The van der Waals surface area contributed by atoms with Crippen LogP contribution in [0.3, 0.4) is 0 Å². The van der Waals surface area contributed by atoms with Crippen molar-refractivity contribution in [2.24, 2.45) is 11.8 Å². The third-order valence-electron chi connectivity index (χ3n) is 6.80. The van der Waals surface area contributed by atoms with Crippen LogP contribution in [0.1, 0.15) is 18.4 Å². The third-order valence-corrected chi connectivity index (χ3v) is 9.97. The lowest BCUT2D eigenvalue weighted by molar-refractivity contribution is 0.138. The van der Waals surface area contributed by atoms with Gasteiger partial charge in [-0.2, -0.15) is 4.39 Å². The zero-order valence-electron chi connectivity index (χ0n) is 18.7. The number of anilines is 2. The second kappa shape index (κ2) is 9.45. The molecule has 1 aromatic carbocycles. The minimum atomic E-state index is -3.93. The normalized spacial score (nSPS) is 22.6. The zero-order chi connectivity index (χ0) is 23.9. The van der Waals surface area contributed by atoms with Crippen LogP contribution in [0.2, 0.25) is 4.34 Å². The number of likely N-dealkylation sites (tertiary alicyclic amines) is 1. The number of hydrogen-bond donors (Lipinski definition) is 1. The molecular formula is C24H26ClFN4O2S2. The lowest BCUT2D eigenvalue weighted by atomic mass is 9.90. The summed E-state index contributed by atoms with van der Waals surface area (Å²) < 4.78 is 42.0. The van der Waals surface area contributed by atoms with Gasteiger partial charge in [-0.3, -0.25) is 9.62 Å². The summed E-state index contributed by atoms with van der Waals surface area (Å²) in [5.74, 6) is 0.179. The first-order valence-electron chi connectivity index (χ1n) is 11.2. The van der Waals surface area contributed by atoms with Gasteiger partial charge in [0.1, 0.15) is 14.4 Å². The minimum absolute atomic E-state index is 0.0664. The predicted molar refractivity (Wildman–Crippen MR) is 134 cm³/mol. The fourth-order valence-electron chi connectivity index (χ4n) is 5.42. The molecule has 2 fully saturated rings. The van der Waals surface area contributed by atoms with Gasteiger partial charge in [-0.25, -0.2) is 13.4 Å². The summed E-state index contributed by atoms with van der Waals surface area (Å²) in [4.78, 5) is 8.28. The molecule has 2 bridgehead atoms. The number of nitrogens with one attached hydrogen (secondary N) is 1. The molecule has 5 rings (SSSR count). The molecule has 3 aromatic rings. The molecule has 0 unspecified atom stereocenters. The molecular weight excluding hydrogens is 495 g/mol. The van der Waals surface area contributed by atoms with Crippen LogP contribution in [0.25, 0.3) is 0 Å². The molecule has 0 spiro atoms. The number of hydrogen-bond acceptors (Lipinski definition) is 6. The van der Waals surface area contributed by atoms with E-state index in [4.69, 9.17) is 11.6 Å². The summed E-state index contributed by atoms with van der Waals surface area (Å²) in [6.07, 6.45) is 2.31. The first-order chi connectivity index (χ1) is 16.3. The lowest BCUT2D eigenvalue weighted by Gasteiger charge is -2.43. The summed E-state index contributed by atoms with van der Waals surface area (Å²) in [6.45, 7) is 2.98. The topological polar surface area (TPSA) is 65.5 Å². The van der Waals surface area contributed by atoms with E-state index in [1.54, 1.807) is 6.07 Å². The molecule has 1 aliphatic carbocycles. The number of pyridine rings is 1. The first-order valence-corrected chi connectivity index (χ1v) is 13.9. The number of halogens is 2. The summed E-state index contributed by atoms with van der Waals surface area (Å²) in [7, 11) is -1.92. The SMILES string of the molecule is CN(c1cc(S(=O)(=O)Nc2cccc(F)n2)sc1Cl)[C@@H]1[C@@H]2CC[C@H]1CN(Cc1ccccc1)C2. The smallest absolute Gasteiger partial charge is 0.272 e. The third kappa shape index (κ3) is 4.79. The van der Waals surface area contributed by atoms with Gasteiger partial charge >= 0.3 is 0 Å². The van der Waals surface area contributed by atoms with Gasteiger partial charge in [0.2, 0.25) is 5.95 Å². The Labute approximate surface area is 208 Å². The molecule has 2 aromatic heterocycles. The molecule has 3 atom stereocenters. The Bertz CT molecular complexity index is 1260. The molecule has 180 valence electrons. The molecule has 1 saturated carbocycles.